The number of nitrogens with zero attached hydrogens (tertiary/aromatic N) is 3. The van der Waals surface area contributed by atoms with Crippen molar-refractivity contribution in [1.82, 2.24) is 10.2 Å². The second kappa shape index (κ2) is 10.7. The number of piperazine rings is 1. The summed E-state index contributed by atoms with van der Waals surface area (Å²) in [5.41, 5.74) is 3.45. The number of aryl methyl sites for hydroxylation is 1. The first-order valence-electron chi connectivity index (χ1n) is 11.3. The zero-order valence-electron chi connectivity index (χ0n) is 19.8. The van der Waals surface area contributed by atoms with Gasteiger partial charge < -0.3 is 19.3 Å². The van der Waals surface area contributed by atoms with Gasteiger partial charge >= 0.3 is 0 Å². The molecule has 34 heavy (non-hydrogen) atoms. The molecule has 1 aliphatic rings. The van der Waals surface area contributed by atoms with Crippen LogP contribution >= 0.6 is 0 Å². The first-order chi connectivity index (χ1) is 16.6. The molecule has 7 nitrogen and oxygen atoms in total. The number of carbonyl (C=O) groups is 1. The van der Waals surface area contributed by atoms with Crippen LogP contribution in [0.2, 0.25) is 0 Å². The minimum absolute atomic E-state index is 0.178. The van der Waals surface area contributed by atoms with Gasteiger partial charge in [-0.1, -0.05) is 29.8 Å². The molecule has 4 rings (SSSR count). The number of benzene rings is 3. The molecule has 1 N–H and O–H groups in total. The minimum Gasteiger partial charge on any atom is -0.497 e. The van der Waals surface area contributed by atoms with Crippen LogP contribution in [0.4, 0.5) is 11.4 Å². The van der Waals surface area contributed by atoms with Gasteiger partial charge in [0.25, 0.3) is 5.91 Å². The quantitative estimate of drug-likeness (QED) is 0.457. The predicted octanol–water partition coefficient (Wildman–Crippen LogP) is 4.25. The van der Waals surface area contributed by atoms with Crippen molar-refractivity contribution in [3.63, 3.8) is 0 Å². The van der Waals surface area contributed by atoms with Crippen molar-refractivity contribution in [3.8, 4) is 11.5 Å². The summed E-state index contributed by atoms with van der Waals surface area (Å²) < 4.78 is 10.8. The lowest BCUT2D eigenvalue weighted by Gasteiger charge is -2.38. The molecule has 0 saturated carbocycles. The molecule has 1 heterocycles. The van der Waals surface area contributed by atoms with Gasteiger partial charge in [0.05, 0.1) is 25.6 Å². The minimum atomic E-state index is -0.178. The molecular formula is C27H30N4O3. The van der Waals surface area contributed by atoms with Gasteiger partial charge in [-0.25, -0.2) is 4.99 Å². The van der Waals surface area contributed by atoms with Gasteiger partial charge in [-0.2, -0.15) is 0 Å². The molecule has 1 fully saturated rings. The number of ether oxygens (including phenoxy) is 2. The van der Waals surface area contributed by atoms with Crippen LogP contribution in [0.1, 0.15) is 15.9 Å². The Hall–Kier alpha value is -4.00. The normalized spacial score (nSPS) is 14.0. The molecule has 1 aliphatic heterocycles. The van der Waals surface area contributed by atoms with Crippen molar-refractivity contribution in [3.05, 3.63) is 83.9 Å². The summed E-state index contributed by atoms with van der Waals surface area (Å²) in [6.45, 7) is 4.95. The Morgan fingerprint density at radius 3 is 2.29 bits per heavy atom. The van der Waals surface area contributed by atoms with Crippen molar-refractivity contribution >= 4 is 23.2 Å². The number of hydrogen-bond donors (Lipinski definition) is 1. The highest BCUT2D eigenvalue weighted by Gasteiger charge is 2.23. The number of para-hydroxylation sites is 2. The summed E-state index contributed by atoms with van der Waals surface area (Å²) in [5, 5.41) is 3.05. The Labute approximate surface area is 200 Å². The van der Waals surface area contributed by atoms with Gasteiger partial charge in [-0.15, -0.1) is 0 Å². The number of nitrogens with one attached hydrogen (secondary N) is 1. The zero-order chi connectivity index (χ0) is 23.9. The van der Waals surface area contributed by atoms with E-state index < -0.39 is 0 Å². The van der Waals surface area contributed by atoms with Gasteiger partial charge in [0, 0.05) is 31.7 Å². The first kappa shape index (κ1) is 23.2. The standard InChI is InChI=1S/C27H30N4O3/c1-20-7-6-8-21(19-20)26(32)29-27(28-22-11-13-23(33-2)14-12-22)31-17-15-30(16-18-31)24-9-4-5-10-25(24)34-3/h4-14,19H,15-18H2,1-3H3,(H,28,29,32). The zero-order valence-corrected chi connectivity index (χ0v) is 19.8. The van der Waals surface area contributed by atoms with Crippen molar-refractivity contribution in [2.75, 3.05) is 45.3 Å². The van der Waals surface area contributed by atoms with Gasteiger partial charge in [-0.05, 0) is 55.5 Å². The summed E-state index contributed by atoms with van der Waals surface area (Å²) in [6, 6.07) is 23.1. The number of guanidine groups is 1. The van der Waals surface area contributed by atoms with E-state index in [1.807, 2.05) is 73.7 Å². The number of amides is 1. The second-order valence-electron chi connectivity index (χ2n) is 8.10. The number of carbonyl (C=O) groups excluding carboxylic acids is 1. The van der Waals surface area contributed by atoms with Gasteiger partial charge in [0.2, 0.25) is 5.96 Å². The fraction of sp³-hybridized carbons (Fsp3) is 0.259. The Bertz CT molecular complexity index is 1150. The molecule has 0 atom stereocenters. The number of rotatable bonds is 5. The SMILES string of the molecule is COc1ccc(N=C(NC(=O)c2cccc(C)c2)N2CCN(c3ccccc3OC)CC2)cc1. The van der Waals surface area contributed by atoms with Crippen LogP contribution in [0.5, 0.6) is 11.5 Å². The van der Waals surface area contributed by atoms with E-state index in [4.69, 9.17) is 14.5 Å². The topological polar surface area (TPSA) is 66.4 Å². The molecule has 1 saturated heterocycles. The largest absolute Gasteiger partial charge is 0.497 e. The molecule has 0 radical (unpaired) electrons. The summed E-state index contributed by atoms with van der Waals surface area (Å²) in [6.07, 6.45) is 0. The Balaban J connectivity index is 1.55. The van der Waals surface area contributed by atoms with Crippen LogP contribution in [0.3, 0.4) is 0 Å². The number of anilines is 1. The van der Waals surface area contributed by atoms with Crippen molar-refractivity contribution in [2.24, 2.45) is 4.99 Å². The number of methoxy groups -OCH3 is 2. The average Bonchev–Trinajstić information content (AvgIpc) is 2.88. The van der Waals surface area contributed by atoms with Crippen molar-refractivity contribution in [1.29, 1.82) is 0 Å². The second-order valence-corrected chi connectivity index (χ2v) is 8.10. The van der Waals surface area contributed by atoms with Crippen LogP contribution in [0.25, 0.3) is 0 Å². The summed E-state index contributed by atoms with van der Waals surface area (Å²) in [5.74, 6) is 1.98. The molecule has 0 unspecified atom stereocenters. The van der Waals surface area contributed by atoms with E-state index in [9.17, 15) is 4.79 Å². The summed E-state index contributed by atoms with van der Waals surface area (Å²) in [4.78, 5) is 22.2. The van der Waals surface area contributed by atoms with E-state index >= 15 is 0 Å². The van der Waals surface area contributed by atoms with Gasteiger partial charge in [0.15, 0.2) is 0 Å². The van der Waals surface area contributed by atoms with E-state index in [1.54, 1.807) is 14.2 Å². The molecule has 7 heteroatoms. The van der Waals surface area contributed by atoms with Crippen molar-refractivity contribution in [2.45, 2.75) is 6.92 Å². The molecule has 176 valence electrons. The highest BCUT2D eigenvalue weighted by Crippen LogP contribution is 2.28. The average molecular weight is 459 g/mol. The third kappa shape index (κ3) is 5.49. The lowest BCUT2D eigenvalue weighted by Crippen LogP contribution is -2.53. The Morgan fingerprint density at radius 2 is 1.62 bits per heavy atom. The van der Waals surface area contributed by atoms with Crippen LogP contribution in [0, 0.1) is 6.92 Å². The fourth-order valence-corrected chi connectivity index (χ4v) is 3.97. The van der Waals surface area contributed by atoms with Crippen LogP contribution in [0.15, 0.2) is 77.8 Å². The van der Waals surface area contributed by atoms with E-state index in [2.05, 4.69) is 21.2 Å². The highest BCUT2D eigenvalue weighted by molar-refractivity contribution is 6.06. The Kier molecular flexibility index (Phi) is 7.32. The molecule has 1 amide bonds. The fourth-order valence-electron chi connectivity index (χ4n) is 3.97. The van der Waals surface area contributed by atoms with E-state index in [-0.39, 0.29) is 5.91 Å². The molecule has 3 aromatic rings. The maximum atomic E-state index is 13.0. The third-order valence-corrected chi connectivity index (χ3v) is 5.82. The Morgan fingerprint density at radius 1 is 0.882 bits per heavy atom. The predicted molar refractivity (Wildman–Crippen MR) is 136 cm³/mol. The molecule has 0 spiro atoms. The third-order valence-electron chi connectivity index (χ3n) is 5.82. The highest BCUT2D eigenvalue weighted by atomic mass is 16.5. The molecular weight excluding hydrogens is 428 g/mol. The van der Waals surface area contributed by atoms with Crippen molar-refractivity contribution < 1.29 is 14.3 Å². The molecule has 0 bridgehead atoms. The van der Waals surface area contributed by atoms with Gasteiger partial charge in [-0.3, -0.25) is 10.1 Å². The number of hydrogen-bond acceptors (Lipinski definition) is 5. The van der Waals surface area contributed by atoms with Crippen LogP contribution in [-0.2, 0) is 0 Å². The van der Waals surface area contributed by atoms with E-state index in [1.165, 1.54) is 0 Å². The molecule has 0 aliphatic carbocycles. The smallest absolute Gasteiger partial charge is 0.257 e. The summed E-state index contributed by atoms with van der Waals surface area (Å²) in [7, 11) is 3.32. The van der Waals surface area contributed by atoms with Gasteiger partial charge in [0.1, 0.15) is 11.5 Å². The first-order valence-corrected chi connectivity index (χ1v) is 11.3. The van der Waals surface area contributed by atoms with E-state index in [0.29, 0.717) is 24.6 Å². The van der Waals surface area contributed by atoms with E-state index in [0.717, 1.165) is 41.5 Å². The lowest BCUT2D eigenvalue weighted by atomic mass is 10.1. The maximum absolute atomic E-state index is 13.0. The number of aliphatic imine (C=N–C) groups is 1. The van der Waals surface area contributed by atoms with Crippen LogP contribution < -0.4 is 19.7 Å². The van der Waals surface area contributed by atoms with Crippen LogP contribution in [-0.4, -0.2) is 57.2 Å². The molecule has 3 aromatic carbocycles. The monoisotopic (exact) mass is 458 g/mol. The summed E-state index contributed by atoms with van der Waals surface area (Å²) >= 11 is 0. The molecule has 0 aromatic heterocycles. The maximum Gasteiger partial charge on any atom is 0.257 e. The lowest BCUT2D eigenvalue weighted by molar-refractivity contribution is 0.0971.